The SMILES string of the molecule is Cc1ccc([N+](=O)[O-])c(C(=O)Nc2cc(Cl)ncn2)c1. The van der Waals surface area contributed by atoms with Gasteiger partial charge in [0.05, 0.1) is 4.92 Å². The number of halogens is 1. The molecule has 0 atom stereocenters. The van der Waals surface area contributed by atoms with Gasteiger partial charge in [0.15, 0.2) is 0 Å². The maximum atomic E-state index is 12.1. The van der Waals surface area contributed by atoms with Crippen LogP contribution in [0.1, 0.15) is 15.9 Å². The molecule has 102 valence electrons. The summed E-state index contributed by atoms with van der Waals surface area (Å²) in [6.07, 6.45) is 1.18. The van der Waals surface area contributed by atoms with Gasteiger partial charge in [-0.15, -0.1) is 0 Å². The summed E-state index contributed by atoms with van der Waals surface area (Å²) >= 11 is 5.67. The Morgan fingerprint density at radius 1 is 1.35 bits per heavy atom. The lowest BCUT2D eigenvalue weighted by atomic mass is 10.1. The van der Waals surface area contributed by atoms with Gasteiger partial charge >= 0.3 is 0 Å². The largest absolute Gasteiger partial charge is 0.306 e. The first-order valence-corrected chi connectivity index (χ1v) is 5.89. The Labute approximate surface area is 118 Å². The maximum absolute atomic E-state index is 12.1. The molecule has 20 heavy (non-hydrogen) atoms. The molecular formula is C12H9ClN4O3. The highest BCUT2D eigenvalue weighted by Crippen LogP contribution is 2.21. The molecule has 1 amide bonds. The van der Waals surface area contributed by atoms with E-state index >= 15 is 0 Å². The molecule has 0 saturated carbocycles. The van der Waals surface area contributed by atoms with Gasteiger partial charge in [0.25, 0.3) is 11.6 Å². The van der Waals surface area contributed by atoms with Gasteiger partial charge in [-0.3, -0.25) is 14.9 Å². The molecule has 0 fully saturated rings. The summed E-state index contributed by atoms with van der Waals surface area (Å²) in [4.78, 5) is 29.9. The van der Waals surface area contributed by atoms with Crippen molar-refractivity contribution in [2.24, 2.45) is 0 Å². The molecule has 8 heteroatoms. The highest BCUT2D eigenvalue weighted by Gasteiger charge is 2.20. The fourth-order valence-electron chi connectivity index (χ4n) is 1.58. The number of aromatic nitrogens is 2. The number of carbonyl (C=O) groups is 1. The lowest BCUT2D eigenvalue weighted by Crippen LogP contribution is -2.15. The topological polar surface area (TPSA) is 98.0 Å². The number of rotatable bonds is 3. The first-order chi connectivity index (χ1) is 9.47. The van der Waals surface area contributed by atoms with Crippen LogP contribution < -0.4 is 5.32 Å². The predicted molar refractivity (Wildman–Crippen MR) is 72.8 cm³/mol. The third kappa shape index (κ3) is 3.07. The zero-order valence-electron chi connectivity index (χ0n) is 10.3. The summed E-state index contributed by atoms with van der Waals surface area (Å²) in [6, 6.07) is 5.64. The summed E-state index contributed by atoms with van der Waals surface area (Å²) in [7, 11) is 0. The Bertz CT molecular complexity index is 690. The Balaban J connectivity index is 2.34. The smallest absolute Gasteiger partial charge is 0.282 e. The van der Waals surface area contributed by atoms with Gasteiger partial charge in [-0.2, -0.15) is 0 Å². The summed E-state index contributed by atoms with van der Waals surface area (Å²) in [5.41, 5.74) is 0.430. The van der Waals surface area contributed by atoms with E-state index in [4.69, 9.17) is 11.6 Å². The average molecular weight is 293 g/mol. The summed E-state index contributed by atoms with van der Waals surface area (Å²) < 4.78 is 0. The normalized spacial score (nSPS) is 10.1. The van der Waals surface area contributed by atoms with E-state index in [1.807, 2.05) is 0 Å². The van der Waals surface area contributed by atoms with Gasteiger partial charge in [-0.1, -0.05) is 17.7 Å². The van der Waals surface area contributed by atoms with Crippen LogP contribution in [0.5, 0.6) is 0 Å². The summed E-state index contributed by atoms with van der Waals surface area (Å²) in [6.45, 7) is 1.74. The quantitative estimate of drug-likeness (QED) is 0.532. The zero-order chi connectivity index (χ0) is 14.7. The number of nitro groups is 1. The van der Waals surface area contributed by atoms with E-state index in [0.717, 1.165) is 5.56 Å². The third-order valence-corrected chi connectivity index (χ3v) is 2.68. The molecule has 0 aliphatic carbocycles. The molecule has 1 aromatic heterocycles. The van der Waals surface area contributed by atoms with Crippen molar-refractivity contribution in [2.45, 2.75) is 6.92 Å². The highest BCUT2D eigenvalue weighted by atomic mass is 35.5. The van der Waals surface area contributed by atoms with Crippen molar-refractivity contribution < 1.29 is 9.72 Å². The molecule has 7 nitrogen and oxygen atoms in total. The van der Waals surface area contributed by atoms with Crippen molar-refractivity contribution >= 4 is 29.0 Å². The number of nitrogens with one attached hydrogen (secondary N) is 1. The number of amides is 1. The van der Waals surface area contributed by atoms with E-state index in [1.165, 1.54) is 24.5 Å². The molecule has 0 aliphatic heterocycles. The highest BCUT2D eigenvalue weighted by molar-refractivity contribution is 6.29. The molecule has 2 aromatic rings. The van der Waals surface area contributed by atoms with Gasteiger partial charge in [0.1, 0.15) is 22.9 Å². The maximum Gasteiger partial charge on any atom is 0.282 e. The van der Waals surface area contributed by atoms with Crippen LogP contribution in [0.3, 0.4) is 0 Å². The molecule has 0 unspecified atom stereocenters. The summed E-state index contributed by atoms with van der Waals surface area (Å²) in [5.74, 6) is -0.457. The zero-order valence-corrected chi connectivity index (χ0v) is 11.1. The van der Waals surface area contributed by atoms with Crippen molar-refractivity contribution in [1.29, 1.82) is 0 Å². The third-order valence-electron chi connectivity index (χ3n) is 2.47. The second-order valence-corrected chi connectivity index (χ2v) is 4.35. The van der Waals surface area contributed by atoms with E-state index in [0.29, 0.717) is 0 Å². The Morgan fingerprint density at radius 3 is 2.75 bits per heavy atom. The lowest BCUT2D eigenvalue weighted by molar-refractivity contribution is -0.385. The standard InChI is InChI=1S/C12H9ClN4O3/c1-7-2-3-9(17(19)20)8(4-7)12(18)16-11-5-10(13)14-6-15-11/h2-6H,1H3,(H,14,15,16,18). The van der Waals surface area contributed by atoms with E-state index < -0.39 is 10.8 Å². The second-order valence-electron chi connectivity index (χ2n) is 3.96. The molecule has 0 radical (unpaired) electrons. The van der Waals surface area contributed by atoms with E-state index in [2.05, 4.69) is 15.3 Å². The van der Waals surface area contributed by atoms with Crippen molar-refractivity contribution in [3.05, 3.63) is 57.0 Å². The van der Waals surface area contributed by atoms with E-state index in [9.17, 15) is 14.9 Å². The fourth-order valence-corrected chi connectivity index (χ4v) is 1.72. The second kappa shape index (κ2) is 5.62. The Hall–Kier alpha value is -2.54. The van der Waals surface area contributed by atoms with Crippen LogP contribution in [0.2, 0.25) is 5.15 Å². The molecule has 1 heterocycles. The first kappa shape index (κ1) is 13.9. The number of benzene rings is 1. The molecule has 1 aromatic carbocycles. The van der Waals surface area contributed by atoms with Gasteiger partial charge in [0.2, 0.25) is 0 Å². The van der Waals surface area contributed by atoms with Gasteiger partial charge in [-0.25, -0.2) is 9.97 Å². The number of nitrogens with zero attached hydrogens (tertiary/aromatic N) is 3. The molecular weight excluding hydrogens is 284 g/mol. The number of nitro benzene ring substituents is 1. The van der Waals surface area contributed by atoms with Crippen LogP contribution in [0.4, 0.5) is 11.5 Å². The fraction of sp³-hybridized carbons (Fsp3) is 0.0833. The minimum atomic E-state index is -0.629. The number of hydrogen-bond acceptors (Lipinski definition) is 5. The van der Waals surface area contributed by atoms with Crippen molar-refractivity contribution in [3.63, 3.8) is 0 Å². The number of anilines is 1. The minimum absolute atomic E-state index is 0.0373. The van der Waals surface area contributed by atoms with Crippen LogP contribution in [-0.4, -0.2) is 20.8 Å². The van der Waals surface area contributed by atoms with Crippen molar-refractivity contribution in [1.82, 2.24) is 9.97 Å². The van der Waals surface area contributed by atoms with Crippen molar-refractivity contribution in [2.75, 3.05) is 5.32 Å². The number of carbonyl (C=O) groups excluding carboxylic acids is 1. The molecule has 0 aliphatic rings. The van der Waals surface area contributed by atoms with E-state index in [-0.39, 0.29) is 22.2 Å². The van der Waals surface area contributed by atoms with Crippen LogP contribution in [0.15, 0.2) is 30.6 Å². The average Bonchev–Trinajstić information content (AvgIpc) is 2.38. The van der Waals surface area contributed by atoms with Crippen LogP contribution in [-0.2, 0) is 0 Å². The predicted octanol–water partition coefficient (Wildman–Crippen LogP) is 2.60. The summed E-state index contributed by atoms with van der Waals surface area (Å²) in [5, 5.41) is 13.5. The molecule has 0 bridgehead atoms. The van der Waals surface area contributed by atoms with E-state index in [1.54, 1.807) is 13.0 Å². The van der Waals surface area contributed by atoms with Gasteiger partial charge in [-0.05, 0) is 18.6 Å². The Kier molecular flexibility index (Phi) is 3.90. The van der Waals surface area contributed by atoms with Crippen LogP contribution in [0, 0.1) is 17.0 Å². The Morgan fingerprint density at radius 2 is 2.10 bits per heavy atom. The molecule has 2 rings (SSSR count). The number of hydrogen-bond donors (Lipinski definition) is 1. The van der Waals surface area contributed by atoms with Crippen LogP contribution >= 0.6 is 11.6 Å². The molecule has 0 spiro atoms. The monoisotopic (exact) mass is 292 g/mol. The van der Waals surface area contributed by atoms with Gasteiger partial charge < -0.3 is 5.32 Å². The molecule has 0 saturated heterocycles. The minimum Gasteiger partial charge on any atom is -0.306 e. The molecule has 1 N–H and O–H groups in total. The first-order valence-electron chi connectivity index (χ1n) is 5.51. The van der Waals surface area contributed by atoms with Crippen LogP contribution in [0.25, 0.3) is 0 Å². The number of aryl methyl sites for hydroxylation is 1. The van der Waals surface area contributed by atoms with Crippen molar-refractivity contribution in [3.8, 4) is 0 Å². The lowest BCUT2D eigenvalue weighted by Gasteiger charge is -2.06. The van der Waals surface area contributed by atoms with Gasteiger partial charge in [0, 0.05) is 12.1 Å².